The van der Waals surface area contributed by atoms with Gasteiger partial charge in [-0.3, -0.25) is 0 Å². The molecule has 4 nitrogen and oxygen atoms in total. The molecule has 0 atom stereocenters. The van der Waals surface area contributed by atoms with E-state index in [0.717, 1.165) is 26.2 Å². The van der Waals surface area contributed by atoms with E-state index in [1.54, 1.807) is 0 Å². The maximum Gasteiger partial charge on any atom is 0.320 e. The lowest BCUT2D eigenvalue weighted by Crippen LogP contribution is -2.56. The van der Waals surface area contributed by atoms with Crippen LogP contribution in [0.2, 0.25) is 0 Å². The van der Waals surface area contributed by atoms with Crippen LogP contribution in [-0.4, -0.2) is 48.6 Å². The monoisotopic (exact) mass is 183 g/mol. The van der Waals surface area contributed by atoms with Crippen molar-refractivity contribution in [3.8, 4) is 0 Å². The highest BCUT2D eigenvalue weighted by molar-refractivity contribution is 5.75. The Kier molecular flexibility index (Phi) is 2.40. The van der Waals surface area contributed by atoms with E-state index < -0.39 is 0 Å². The summed E-state index contributed by atoms with van der Waals surface area (Å²) in [6.07, 6.45) is 2.33. The summed E-state index contributed by atoms with van der Waals surface area (Å²) in [6.45, 7) is 4.34. The molecule has 2 N–H and O–H groups in total. The molecule has 0 aromatic carbocycles. The molecule has 2 aliphatic heterocycles. The maximum absolute atomic E-state index is 11.7. The molecule has 4 heteroatoms. The van der Waals surface area contributed by atoms with Gasteiger partial charge in [-0.25, -0.2) is 4.79 Å². The summed E-state index contributed by atoms with van der Waals surface area (Å²) < 4.78 is 0. The van der Waals surface area contributed by atoms with Gasteiger partial charge in [-0.15, -0.1) is 0 Å². The summed E-state index contributed by atoms with van der Waals surface area (Å²) >= 11 is 0. The third-order valence-corrected chi connectivity index (χ3v) is 2.94. The largest absolute Gasteiger partial charge is 0.330 e. The first-order valence-electron chi connectivity index (χ1n) is 5.05. The van der Waals surface area contributed by atoms with Gasteiger partial charge in [0.1, 0.15) is 0 Å². The second-order valence-corrected chi connectivity index (χ2v) is 3.98. The third kappa shape index (κ3) is 1.63. The zero-order valence-corrected chi connectivity index (χ0v) is 7.91. The highest BCUT2D eigenvalue weighted by atomic mass is 16.2. The van der Waals surface area contributed by atoms with E-state index in [4.69, 9.17) is 5.73 Å². The van der Waals surface area contributed by atoms with Crippen LogP contribution >= 0.6 is 0 Å². The average molecular weight is 183 g/mol. The first-order valence-corrected chi connectivity index (χ1v) is 5.05. The zero-order valence-electron chi connectivity index (χ0n) is 7.91. The Hall–Kier alpha value is -0.770. The van der Waals surface area contributed by atoms with Crippen LogP contribution in [0.1, 0.15) is 12.8 Å². The first-order chi connectivity index (χ1) is 6.31. The molecular formula is C9H17N3O. The Balaban J connectivity index is 1.78. The first kappa shape index (κ1) is 8.81. The highest BCUT2D eigenvalue weighted by Crippen LogP contribution is 2.18. The molecule has 2 amide bonds. The molecule has 0 saturated carbocycles. The van der Waals surface area contributed by atoms with E-state index in [-0.39, 0.29) is 6.03 Å². The molecule has 2 saturated heterocycles. The number of hydrogen-bond acceptors (Lipinski definition) is 2. The Bertz CT molecular complexity index is 195. The van der Waals surface area contributed by atoms with E-state index in [2.05, 4.69) is 0 Å². The van der Waals surface area contributed by atoms with E-state index in [0.29, 0.717) is 12.5 Å². The number of amides is 2. The Morgan fingerprint density at radius 2 is 1.85 bits per heavy atom. The van der Waals surface area contributed by atoms with Crippen LogP contribution in [0.15, 0.2) is 0 Å². The van der Waals surface area contributed by atoms with Crippen molar-refractivity contribution in [1.82, 2.24) is 9.80 Å². The van der Waals surface area contributed by atoms with Crippen molar-refractivity contribution in [2.24, 2.45) is 11.7 Å². The summed E-state index contributed by atoms with van der Waals surface area (Å²) in [4.78, 5) is 15.6. The van der Waals surface area contributed by atoms with Crippen LogP contribution in [0.5, 0.6) is 0 Å². The van der Waals surface area contributed by atoms with Gasteiger partial charge < -0.3 is 15.5 Å². The van der Waals surface area contributed by atoms with Gasteiger partial charge in [0.25, 0.3) is 0 Å². The molecule has 74 valence electrons. The minimum Gasteiger partial charge on any atom is -0.330 e. The van der Waals surface area contributed by atoms with Crippen molar-refractivity contribution in [3.05, 3.63) is 0 Å². The Labute approximate surface area is 78.7 Å². The van der Waals surface area contributed by atoms with Crippen LogP contribution in [0.3, 0.4) is 0 Å². The van der Waals surface area contributed by atoms with Gasteiger partial charge in [0.05, 0.1) is 0 Å². The standard InChI is InChI=1S/C9H17N3O/c10-5-8-6-12(7-8)9(13)11-3-1-2-4-11/h8H,1-7,10H2. The molecule has 2 fully saturated rings. The minimum absolute atomic E-state index is 0.224. The Morgan fingerprint density at radius 1 is 1.23 bits per heavy atom. The minimum atomic E-state index is 0.224. The number of likely N-dealkylation sites (tertiary alicyclic amines) is 2. The zero-order chi connectivity index (χ0) is 9.26. The number of hydrogen-bond donors (Lipinski definition) is 1. The molecular weight excluding hydrogens is 166 g/mol. The van der Waals surface area contributed by atoms with E-state index in [1.807, 2.05) is 9.80 Å². The quantitative estimate of drug-likeness (QED) is 0.626. The summed E-state index contributed by atoms with van der Waals surface area (Å²) in [5.74, 6) is 0.548. The summed E-state index contributed by atoms with van der Waals surface area (Å²) in [6, 6.07) is 0.224. The Morgan fingerprint density at radius 3 is 2.38 bits per heavy atom. The van der Waals surface area contributed by atoms with Crippen molar-refractivity contribution in [2.75, 3.05) is 32.7 Å². The fourth-order valence-electron chi connectivity index (χ4n) is 1.98. The van der Waals surface area contributed by atoms with Crippen molar-refractivity contribution >= 4 is 6.03 Å². The fourth-order valence-corrected chi connectivity index (χ4v) is 1.98. The highest BCUT2D eigenvalue weighted by Gasteiger charge is 2.32. The number of nitrogens with zero attached hydrogens (tertiary/aromatic N) is 2. The number of nitrogens with two attached hydrogens (primary N) is 1. The fraction of sp³-hybridized carbons (Fsp3) is 0.889. The van der Waals surface area contributed by atoms with Crippen LogP contribution in [0.25, 0.3) is 0 Å². The van der Waals surface area contributed by atoms with Crippen molar-refractivity contribution in [3.63, 3.8) is 0 Å². The molecule has 13 heavy (non-hydrogen) atoms. The van der Waals surface area contributed by atoms with E-state index in [1.165, 1.54) is 12.8 Å². The van der Waals surface area contributed by atoms with Crippen LogP contribution in [0.4, 0.5) is 4.79 Å². The van der Waals surface area contributed by atoms with Gasteiger partial charge in [-0.1, -0.05) is 0 Å². The van der Waals surface area contributed by atoms with Crippen molar-refractivity contribution < 1.29 is 4.79 Å². The van der Waals surface area contributed by atoms with Crippen LogP contribution in [-0.2, 0) is 0 Å². The lowest BCUT2D eigenvalue weighted by molar-refractivity contribution is 0.0993. The predicted molar refractivity (Wildman–Crippen MR) is 50.3 cm³/mol. The van der Waals surface area contributed by atoms with Crippen LogP contribution < -0.4 is 5.73 Å². The topological polar surface area (TPSA) is 49.6 Å². The molecule has 2 rings (SSSR count). The molecule has 2 aliphatic rings. The van der Waals surface area contributed by atoms with Gasteiger partial charge in [0.15, 0.2) is 0 Å². The van der Waals surface area contributed by atoms with Gasteiger partial charge in [-0.05, 0) is 19.4 Å². The van der Waals surface area contributed by atoms with E-state index >= 15 is 0 Å². The molecule has 0 aliphatic carbocycles. The summed E-state index contributed by atoms with van der Waals surface area (Å²) in [5, 5.41) is 0. The van der Waals surface area contributed by atoms with Gasteiger partial charge >= 0.3 is 6.03 Å². The normalized spacial score (nSPS) is 23.5. The van der Waals surface area contributed by atoms with E-state index in [9.17, 15) is 4.79 Å². The maximum atomic E-state index is 11.7. The smallest absolute Gasteiger partial charge is 0.320 e. The SMILES string of the molecule is NCC1CN(C(=O)N2CCCC2)C1. The van der Waals surface area contributed by atoms with Gasteiger partial charge in [0.2, 0.25) is 0 Å². The molecule has 0 aromatic rings. The van der Waals surface area contributed by atoms with Gasteiger partial charge in [0, 0.05) is 32.1 Å². The number of carbonyl (C=O) groups is 1. The van der Waals surface area contributed by atoms with Crippen molar-refractivity contribution in [1.29, 1.82) is 0 Å². The predicted octanol–water partition coefficient (Wildman–Crippen LogP) is 0.0927. The number of carbonyl (C=O) groups excluding carboxylic acids is 1. The lowest BCUT2D eigenvalue weighted by atomic mass is 10.0. The second-order valence-electron chi connectivity index (χ2n) is 3.98. The van der Waals surface area contributed by atoms with Crippen LogP contribution in [0, 0.1) is 5.92 Å². The number of rotatable bonds is 1. The summed E-state index contributed by atoms with van der Waals surface area (Å²) in [5.41, 5.74) is 5.50. The second kappa shape index (κ2) is 3.54. The molecule has 0 radical (unpaired) electrons. The lowest BCUT2D eigenvalue weighted by Gasteiger charge is -2.40. The third-order valence-electron chi connectivity index (χ3n) is 2.94. The van der Waals surface area contributed by atoms with Gasteiger partial charge in [-0.2, -0.15) is 0 Å². The number of urea groups is 1. The summed E-state index contributed by atoms with van der Waals surface area (Å²) in [7, 11) is 0. The van der Waals surface area contributed by atoms with Crippen molar-refractivity contribution in [2.45, 2.75) is 12.8 Å². The molecule has 0 aromatic heterocycles. The molecule has 2 heterocycles. The average Bonchev–Trinajstić information content (AvgIpc) is 2.53. The molecule has 0 bridgehead atoms. The molecule has 0 unspecified atom stereocenters. The molecule has 0 spiro atoms.